The number of carbonyl (C=O) groups excluding carboxylic acids is 1. The Balaban J connectivity index is 1.53. The second-order valence-corrected chi connectivity index (χ2v) is 8.43. The molecule has 6 heteroatoms. The lowest BCUT2D eigenvalue weighted by molar-refractivity contribution is 0.0745. The van der Waals surface area contributed by atoms with Crippen LogP contribution in [0.4, 0.5) is 5.82 Å². The van der Waals surface area contributed by atoms with Gasteiger partial charge in [-0.3, -0.25) is 4.79 Å². The fourth-order valence-corrected chi connectivity index (χ4v) is 4.37. The van der Waals surface area contributed by atoms with E-state index in [0.717, 1.165) is 46.9 Å². The topological polar surface area (TPSA) is 49.3 Å². The zero-order valence-electron chi connectivity index (χ0n) is 17.3. The van der Waals surface area contributed by atoms with Crippen LogP contribution in [0.15, 0.2) is 59.1 Å². The number of amides is 1. The van der Waals surface area contributed by atoms with Crippen molar-refractivity contribution in [2.24, 2.45) is 0 Å². The van der Waals surface area contributed by atoms with E-state index in [0.29, 0.717) is 18.7 Å². The van der Waals surface area contributed by atoms with E-state index in [9.17, 15) is 4.79 Å². The molecule has 0 atom stereocenters. The van der Waals surface area contributed by atoms with Crippen LogP contribution in [-0.2, 0) is 6.42 Å². The molecule has 1 aliphatic heterocycles. The highest BCUT2D eigenvalue weighted by atomic mass is 79.9. The molecule has 1 saturated heterocycles. The lowest BCUT2D eigenvalue weighted by Gasteiger charge is -2.36. The number of benzene rings is 2. The molecule has 5 nitrogen and oxygen atoms in total. The number of aromatic nitrogens is 2. The number of hydrogen-bond donors (Lipinski definition) is 0. The van der Waals surface area contributed by atoms with Gasteiger partial charge in [0.1, 0.15) is 11.6 Å². The standard InChI is InChI=1S/C24H25BrN4O/c1-17-21(16-19-8-4-3-5-9-19)23(27-18(2)26-17)28-12-14-29(15-13-28)24(30)20-10-6-7-11-22(20)25/h3-11H,12-16H2,1-2H3. The molecule has 1 fully saturated rings. The summed E-state index contributed by atoms with van der Waals surface area (Å²) in [6.07, 6.45) is 0.804. The maximum atomic E-state index is 12.9. The number of halogens is 1. The fourth-order valence-electron chi connectivity index (χ4n) is 3.91. The molecule has 0 unspecified atom stereocenters. The average Bonchev–Trinajstić information content (AvgIpc) is 2.76. The van der Waals surface area contributed by atoms with Crippen molar-refractivity contribution in [3.8, 4) is 0 Å². The quantitative estimate of drug-likeness (QED) is 0.573. The van der Waals surface area contributed by atoms with E-state index in [2.05, 4.69) is 57.0 Å². The molecule has 3 aromatic rings. The van der Waals surface area contributed by atoms with Gasteiger partial charge in [-0.2, -0.15) is 0 Å². The van der Waals surface area contributed by atoms with Gasteiger partial charge in [0.2, 0.25) is 0 Å². The van der Waals surface area contributed by atoms with Gasteiger partial charge in [0.25, 0.3) is 5.91 Å². The number of nitrogens with zero attached hydrogens (tertiary/aromatic N) is 4. The molecule has 0 bridgehead atoms. The molecule has 2 aromatic carbocycles. The molecule has 0 aliphatic carbocycles. The van der Waals surface area contributed by atoms with Crippen LogP contribution < -0.4 is 4.90 Å². The van der Waals surface area contributed by atoms with Crippen LogP contribution in [0.25, 0.3) is 0 Å². The summed E-state index contributed by atoms with van der Waals surface area (Å²) in [5.74, 6) is 1.85. The van der Waals surface area contributed by atoms with Crippen molar-refractivity contribution in [2.45, 2.75) is 20.3 Å². The maximum Gasteiger partial charge on any atom is 0.255 e. The molecule has 4 rings (SSSR count). The summed E-state index contributed by atoms with van der Waals surface area (Å²) in [7, 11) is 0. The summed E-state index contributed by atoms with van der Waals surface area (Å²) in [5.41, 5.74) is 4.15. The lowest BCUT2D eigenvalue weighted by Crippen LogP contribution is -2.49. The number of aryl methyl sites for hydroxylation is 2. The van der Waals surface area contributed by atoms with Crippen molar-refractivity contribution >= 4 is 27.7 Å². The summed E-state index contributed by atoms with van der Waals surface area (Å²) in [4.78, 5) is 26.6. The Labute approximate surface area is 185 Å². The highest BCUT2D eigenvalue weighted by Crippen LogP contribution is 2.26. The third-order valence-corrected chi connectivity index (χ3v) is 6.19. The monoisotopic (exact) mass is 464 g/mol. The van der Waals surface area contributed by atoms with E-state index in [4.69, 9.17) is 4.98 Å². The lowest BCUT2D eigenvalue weighted by atomic mass is 10.0. The zero-order chi connectivity index (χ0) is 21.1. The van der Waals surface area contributed by atoms with Gasteiger partial charge in [0, 0.05) is 48.3 Å². The van der Waals surface area contributed by atoms with Gasteiger partial charge in [0.15, 0.2) is 0 Å². The van der Waals surface area contributed by atoms with Crippen molar-refractivity contribution in [1.82, 2.24) is 14.9 Å². The summed E-state index contributed by atoms with van der Waals surface area (Å²) in [6, 6.07) is 18.0. The highest BCUT2D eigenvalue weighted by molar-refractivity contribution is 9.10. The van der Waals surface area contributed by atoms with Gasteiger partial charge in [-0.15, -0.1) is 0 Å². The summed E-state index contributed by atoms with van der Waals surface area (Å²) >= 11 is 3.49. The van der Waals surface area contributed by atoms with Gasteiger partial charge in [-0.1, -0.05) is 42.5 Å². The smallest absolute Gasteiger partial charge is 0.255 e. The molecule has 0 spiro atoms. The Bertz CT molecular complexity index is 1050. The predicted octanol–water partition coefficient (Wildman–Crippen LogP) is 4.41. The van der Waals surface area contributed by atoms with Crippen molar-refractivity contribution < 1.29 is 4.79 Å². The van der Waals surface area contributed by atoms with Gasteiger partial charge >= 0.3 is 0 Å². The van der Waals surface area contributed by atoms with E-state index >= 15 is 0 Å². The largest absolute Gasteiger partial charge is 0.353 e. The van der Waals surface area contributed by atoms with Crippen LogP contribution in [0.5, 0.6) is 0 Å². The van der Waals surface area contributed by atoms with Crippen molar-refractivity contribution in [2.75, 3.05) is 31.1 Å². The zero-order valence-corrected chi connectivity index (χ0v) is 18.9. The minimum Gasteiger partial charge on any atom is -0.353 e. The first-order valence-corrected chi connectivity index (χ1v) is 11.0. The minimum absolute atomic E-state index is 0.0710. The molecule has 0 N–H and O–H groups in total. The SMILES string of the molecule is Cc1nc(C)c(Cc2ccccc2)c(N2CCN(C(=O)c3ccccc3Br)CC2)n1. The molecule has 1 aromatic heterocycles. The summed E-state index contributed by atoms with van der Waals surface area (Å²) < 4.78 is 0.838. The molecule has 1 amide bonds. The normalized spacial score (nSPS) is 14.1. The van der Waals surface area contributed by atoms with Crippen LogP contribution in [-0.4, -0.2) is 47.0 Å². The molecule has 2 heterocycles. The van der Waals surface area contributed by atoms with Crippen LogP contribution in [0, 0.1) is 13.8 Å². The van der Waals surface area contributed by atoms with E-state index in [-0.39, 0.29) is 5.91 Å². The van der Waals surface area contributed by atoms with Gasteiger partial charge in [-0.05, 0) is 47.5 Å². The first kappa shape index (κ1) is 20.5. The van der Waals surface area contributed by atoms with Crippen LogP contribution >= 0.6 is 15.9 Å². The first-order valence-electron chi connectivity index (χ1n) is 10.2. The van der Waals surface area contributed by atoms with Crippen LogP contribution in [0.1, 0.15) is 33.0 Å². The maximum absolute atomic E-state index is 12.9. The number of anilines is 1. The molecular formula is C24H25BrN4O. The molecular weight excluding hydrogens is 440 g/mol. The summed E-state index contributed by atoms with van der Waals surface area (Å²) in [5, 5.41) is 0. The van der Waals surface area contributed by atoms with Crippen molar-refractivity contribution in [1.29, 1.82) is 0 Å². The summed E-state index contributed by atoms with van der Waals surface area (Å²) in [6.45, 7) is 6.86. The molecule has 0 radical (unpaired) electrons. The fraction of sp³-hybridized carbons (Fsp3) is 0.292. The molecule has 0 saturated carbocycles. The highest BCUT2D eigenvalue weighted by Gasteiger charge is 2.26. The van der Waals surface area contributed by atoms with Gasteiger partial charge in [0.05, 0.1) is 5.56 Å². The van der Waals surface area contributed by atoms with E-state index < -0.39 is 0 Å². The second kappa shape index (κ2) is 8.96. The molecule has 154 valence electrons. The van der Waals surface area contributed by atoms with Gasteiger partial charge < -0.3 is 9.80 Å². The Morgan fingerprint density at radius 3 is 2.30 bits per heavy atom. The van der Waals surface area contributed by atoms with E-state index in [1.807, 2.05) is 42.2 Å². The van der Waals surface area contributed by atoms with Crippen molar-refractivity contribution in [3.05, 3.63) is 87.3 Å². The van der Waals surface area contributed by atoms with Gasteiger partial charge in [-0.25, -0.2) is 9.97 Å². The predicted molar refractivity (Wildman–Crippen MR) is 123 cm³/mol. The third-order valence-electron chi connectivity index (χ3n) is 5.50. The second-order valence-electron chi connectivity index (χ2n) is 7.58. The molecule has 1 aliphatic rings. The van der Waals surface area contributed by atoms with E-state index in [1.165, 1.54) is 5.56 Å². The Kier molecular flexibility index (Phi) is 6.13. The Hall–Kier alpha value is -2.73. The minimum atomic E-state index is 0.0710. The first-order chi connectivity index (χ1) is 14.5. The average molecular weight is 465 g/mol. The number of rotatable bonds is 4. The Morgan fingerprint density at radius 1 is 0.933 bits per heavy atom. The van der Waals surface area contributed by atoms with E-state index in [1.54, 1.807) is 0 Å². The number of piperazine rings is 1. The molecule has 30 heavy (non-hydrogen) atoms. The van der Waals surface area contributed by atoms with Crippen LogP contribution in [0.3, 0.4) is 0 Å². The Morgan fingerprint density at radius 2 is 1.60 bits per heavy atom. The number of carbonyl (C=O) groups is 1. The third kappa shape index (κ3) is 4.38. The number of hydrogen-bond acceptors (Lipinski definition) is 4. The van der Waals surface area contributed by atoms with Crippen molar-refractivity contribution in [3.63, 3.8) is 0 Å². The van der Waals surface area contributed by atoms with Crippen LogP contribution in [0.2, 0.25) is 0 Å².